The van der Waals surface area contributed by atoms with Crippen LogP contribution in [-0.4, -0.2) is 42.9 Å². The summed E-state index contributed by atoms with van der Waals surface area (Å²) in [6.45, 7) is 1.37. The first-order valence-electron chi connectivity index (χ1n) is 11.9. The average Bonchev–Trinajstić information content (AvgIpc) is 3.24. The van der Waals surface area contributed by atoms with E-state index in [1.54, 1.807) is 25.1 Å². The van der Waals surface area contributed by atoms with Gasteiger partial charge in [-0.15, -0.1) is 0 Å². The Balaban J connectivity index is 1.34. The SMILES string of the molecule is CNC(=O)OCc1cc(NC(=O)[C@H](C)NC(=O)OCC2c3ccccc3-c3ccccc32)ccc1CO. The fourth-order valence-electron chi connectivity index (χ4n) is 4.34. The van der Waals surface area contributed by atoms with Gasteiger partial charge in [-0.05, 0) is 52.4 Å². The summed E-state index contributed by atoms with van der Waals surface area (Å²) in [5, 5.41) is 17.2. The number of carbonyl (C=O) groups excluding carboxylic acids is 3. The Kier molecular flexibility index (Phi) is 8.05. The fraction of sp³-hybridized carbons (Fsp3) is 0.250. The van der Waals surface area contributed by atoms with E-state index < -0.39 is 24.1 Å². The summed E-state index contributed by atoms with van der Waals surface area (Å²) in [5.74, 6) is -0.536. The average molecular weight is 504 g/mol. The van der Waals surface area contributed by atoms with Gasteiger partial charge in [0.05, 0.1) is 6.61 Å². The molecule has 192 valence electrons. The summed E-state index contributed by atoms with van der Waals surface area (Å²) in [6.07, 6.45) is -1.31. The van der Waals surface area contributed by atoms with E-state index in [0.29, 0.717) is 16.8 Å². The summed E-state index contributed by atoms with van der Waals surface area (Å²) in [6, 6.07) is 20.1. The number of anilines is 1. The molecule has 0 spiro atoms. The maximum Gasteiger partial charge on any atom is 0.407 e. The number of benzene rings is 3. The lowest BCUT2D eigenvalue weighted by molar-refractivity contribution is -0.117. The van der Waals surface area contributed by atoms with Crippen LogP contribution in [0, 0.1) is 0 Å². The van der Waals surface area contributed by atoms with E-state index >= 15 is 0 Å². The monoisotopic (exact) mass is 503 g/mol. The number of fused-ring (bicyclic) bond motifs is 3. The zero-order valence-corrected chi connectivity index (χ0v) is 20.6. The molecule has 0 bridgehead atoms. The summed E-state index contributed by atoms with van der Waals surface area (Å²) in [4.78, 5) is 36.6. The number of amides is 3. The normalized spacial score (nSPS) is 12.6. The van der Waals surface area contributed by atoms with Crippen LogP contribution in [0.4, 0.5) is 15.3 Å². The van der Waals surface area contributed by atoms with Crippen molar-refractivity contribution in [3.05, 3.63) is 89.0 Å². The molecule has 0 heterocycles. The first-order chi connectivity index (χ1) is 17.9. The molecule has 37 heavy (non-hydrogen) atoms. The first kappa shape index (κ1) is 25.7. The number of alkyl carbamates (subject to hydrolysis) is 2. The topological polar surface area (TPSA) is 126 Å². The highest BCUT2D eigenvalue weighted by Gasteiger charge is 2.29. The number of carbonyl (C=O) groups is 3. The van der Waals surface area contributed by atoms with Crippen LogP contribution in [0.15, 0.2) is 66.7 Å². The lowest BCUT2D eigenvalue weighted by Crippen LogP contribution is -2.42. The fourth-order valence-corrected chi connectivity index (χ4v) is 4.34. The second-order valence-electron chi connectivity index (χ2n) is 8.65. The Labute approximate surface area is 214 Å². The van der Waals surface area contributed by atoms with Crippen molar-refractivity contribution in [3.8, 4) is 11.1 Å². The van der Waals surface area contributed by atoms with Crippen molar-refractivity contribution in [2.75, 3.05) is 19.0 Å². The van der Waals surface area contributed by atoms with Gasteiger partial charge in [0, 0.05) is 18.7 Å². The minimum atomic E-state index is -0.876. The molecule has 3 aromatic carbocycles. The molecule has 9 heteroatoms. The molecular formula is C28H29N3O6. The molecule has 1 aliphatic rings. The second-order valence-corrected chi connectivity index (χ2v) is 8.65. The standard InChI is InChI=1S/C28H29N3O6/c1-17(26(33)31-20-12-11-18(14-32)19(13-20)15-36-27(34)29-2)30-28(35)37-16-25-23-9-5-3-7-21(23)22-8-4-6-10-24(22)25/h3-13,17,25,32H,14-16H2,1-2H3,(H,29,34)(H,30,35)(H,31,33)/t17-/m0/s1. The van der Waals surface area contributed by atoms with Crippen LogP contribution in [-0.2, 0) is 27.5 Å². The minimum absolute atomic E-state index is 0.0766. The number of hydrogen-bond donors (Lipinski definition) is 4. The van der Waals surface area contributed by atoms with E-state index in [-0.39, 0.29) is 25.7 Å². The zero-order valence-electron chi connectivity index (χ0n) is 20.6. The van der Waals surface area contributed by atoms with Crippen LogP contribution in [0.25, 0.3) is 11.1 Å². The Morgan fingerprint density at radius 2 is 1.54 bits per heavy atom. The van der Waals surface area contributed by atoms with Gasteiger partial charge < -0.3 is 30.5 Å². The van der Waals surface area contributed by atoms with Gasteiger partial charge in [-0.2, -0.15) is 0 Å². The predicted molar refractivity (Wildman–Crippen MR) is 138 cm³/mol. The molecule has 0 saturated heterocycles. The predicted octanol–water partition coefficient (Wildman–Crippen LogP) is 3.90. The maximum absolute atomic E-state index is 12.7. The van der Waals surface area contributed by atoms with Gasteiger partial charge in [0.1, 0.15) is 19.3 Å². The van der Waals surface area contributed by atoms with Crippen LogP contribution >= 0.6 is 0 Å². The Bertz CT molecular complexity index is 1260. The van der Waals surface area contributed by atoms with Crippen LogP contribution in [0.3, 0.4) is 0 Å². The van der Waals surface area contributed by atoms with Crippen LogP contribution in [0.5, 0.6) is 0 Å². The second kappa shape index (κ2) is 11.6. The molecule has 1 aliphatic carbocycles. The number of nitrogens with one attached hydrogen (secondary N) is 3. The quantitative estimate of drug-likeness (QED) is 0.369. The number of aliphatic hydroxyl groups excluding tert-OH is 1. The molecular weight excluding hydrogens is 474 g/mol. The molecule has 3 amide bonds. The molecule has 4 N–H and O–H groups in total. The summed E-state index contributed by atoms with van der Waals surface area (Å²) >= 11 is 0. The zero-order chi connectivity index (χ0) is 26.4. The summed E-state index contributed by atoms with van der Waals surface area (Å²) < 4.78 is 10.6. The highest BCUT2D eigenvalue weighted by atomic mass is 16.6. The molecule has 0 saturated carbocycles. The van der Waals surface area contributed by atoms with E-state index in [1.165, 1.54) is 7.05 Å². The first-order valence-corrected chi connectivity index (χ1v) is 11.9. The Hall–Kier alpha value is -4.37. The van der Waals surface area contributed by atoms with Gasteiger partial charge in [-0.3, -0.25) is 4.79 Å². The molecule has 1 atom stereocenters. The van der Waals surface area contributed by atoms with Gasteiger partial charge in [0.15, 0.2) is 0 Å². The van der Waals surface area contributed by atoms with E-state index in [1.807, 2.05) is 36.4 Å². The van der Waals surface area contributed by atoms with E-state index in [0.717, 1.165) is 22.3 Å². The molecule has 0 radical (unpaired) electrons. The Morgan fingerprint density at radius 3 is 2.16 bits per heavy atom. The molecule has 0 aliphatic heterocycles. The number of rotatable bonds is 8. The van der Waals surface area contributed by atoms with Crippen molar-refractivity contribution in [1.82, 2.24) is 10.6 Å². The van der Waals surface area contributed by atoms with Crippen LogP contribution in [0.2, 0.25) is 0 Å². The van der Waals surface area contributed by atoms with Crippen molar-refractivity contribution in [2.24, 2.45) is 0 Å². The summed E-state index contributed by atoms with van der Waals surface area (Å²) in [5.41, 5.74) is 6.00. The molecule has 0 unspecified atom stereocenters. The van der Waals surface area contributed by atoms with Crippen molar-refractivity contribution in [3.63, 3.8) is 0 Å². The van der Waals surface area contributed by atoms with Crippen LogP contribution < -0.4 is 16.0 Å². The number of hydrogen-bond acceptors (Lipinski definition) is 6. The van der Waals surface area contributed by atoms with Gasteiger partial charge in [-0.1, -0.05) is 54.6 Å². The van der Waals surface area contributed by atoms with Crippen LogP contribution in [0.1, 0.15) is 35.1 Å². The third-order valence-electron chi connectivity index (χ3n) is 6.28. The van der Waals surface area contributed by atoms with Crippen molar-refractivity contribution >= 4 is 23.8 Å². The van der Waals surface area contributed by atoms with Crippen molar-refractivity contribution < 1.29 is 29.0 Å². The van der Waals surface area contributed by atoms with Crippen molar-refractivity contribution in [2.45, 2.75) is 32.1 Å². The lowest BCUT2D eigenvalue weighted by Gasteiger charge is -2.17. The highest BCUT2D eigenvalue weighted by Crippen LogP contribution is 2.44. The molecule has 9 nitrogen and oxygen atoms in total. The minimum Gasteiger partial charge on any atom is -0.449 e. The number of ether oxygens (including phenoxy) is 2. The third kappa shape index (κ3) is 5.90. The number of aliphatic hydroxyl groups is 1. The molecule has 4 rings (SSSR count). The smallest absolute Gasteiger partial charge is 0.407 e. The summed E-state index contributed by atoms with van der Waals surface area (Å²) in [7, 11) is 1.44. The Morgan fingerprint density at radius 1 is 0.892 bits per heavy atom. The van der Waals surface area contributed by atoms with Gasteiger partial charge in [0.2, 0.25) is 5.91 Å². The molecule has 0 fully saturated rings. The van der Waals surface area contributed by atoms with Gasteiger partial charge >= 0.3 is 12.2 Å². The van der Waals surface area contributed by atoms with E-state index in [2.05, 4.69) is 28.1 Å². The van der Waals surface area contributed by atoms with E-state index in [4.69, 9.17) is 9.47 Å². The van der Waals surface area contributed by atoms with Gasteiger partial charge in [0.25, 0.3) is 0 Å². The maximum atomic E-state index is 12.7. The third-order valence-corrected chi connectivity index (χ3v) is 6.28. The largest absolute Gasteiger partial charge is 0.449 e. The van der Waals surface area contributed by atoms with Gasteiger partial charge in [-0.25, -0.2) is 9.59 Å². The van der Waals surface area contributed by atoms with Crippen molar-refractivity contribution in [1.29, 1.82) is 0 Å². The highest BCUT2D eigenvalue weighted by molar-refractivity contribution is 5.96. The van der Waals surface area contributed by atoms with E-state index in [9.17, 15) is 19.5 Å². The lowest BCUT2D eigenvalue weighted by atomic mass is 9.98. The molecule has 3 aromatic rings. The molecule has 0 aromatic heterocycles.